The molecular weight excluding hydrogens is 210 g/mol. The molecule has 2 atom stereocenters. The second-order valence-electron chi connectivity index (χ2n) is 3.68. The summed E-state index contributed by atoms with van der Waals surface area (Å²) in [5.41, 5.74) is 0. The van der Waals surface area contributed by atoms with Crippen LogP contribution in [-0.4, -0.2) is 36.1 Å². The number of carbonyl (C=O) groups is 1. The van der Waals surface area contributed by atoms with Gasteiger partial charge < -0.3 is 9.64 Å². The summed E-state index contributed by atoms with van der Waals surface area (Å²) in [5, 5.41) is 1.62. The molecule has 1 saturated heterocycles. The largest absolute Gasteiger partial charge is 0.372 e. The molecule has 0 aromatic heterocycles. The number of nitrogens with zero attached hydrogens (tertiary/aromatic N) is 1. The predicted octanol–water partition coefficient (Wildman–Crippen LogP) is 2.01. The Morgan fingerprint density at radius 3 is 2.47 bits per heavy atom. The third-order valence-electron chi connectivity index (χ3n) is 2.17. The van der Waals surface area contributed by atoms with E-state index in [9.17, 15) is 4.79 Å². The minimum absolute atomic E-state index is 0.0121. The first-order valence-electron chi connectivity index (χ1n) is 4.95. The molecule has 1 heterocycles. The predicted molar refractivity (Wildman–Crippen MR) is 63.5 cm³/mol. The SMILES string of the molecule is C=CSC(=C)C(=O)N1CC(C)OC(C)C1. The smallest absolute Gasteiger partial charge is 0.260 e. The number of amides is 1. The molecule has 2 unspecified atom stereocenters. The molecule has 0 radical (unpaired) electrons. The Labute approximate surface area is 95.2 Å². The van der Waals surface area contributed by atoms with E-state index in [1.54, 1.807) is 10.3 Å². The first-order chi connectivity index (χ1) is 7.04. The molecule has 3 nitrogen and oxygen atoms in total. The van der Waals surface area contributed by atoms with Crippen LogP contribution in [0.25, 0.3) is 0 Å². The zero-order valence-corrected chi connectivity index (χ0v) is 10.0. The molecule has 0 aliphatic carbocycles. The van der Waals surface area contributed by atoms with E-state index < -0.39 is 0 Å². The van der Waals surface area contributed by atoms with Gasteiger partial charge in [0.05, 0.1) is 17.1 Å². The minimum Gasteiger partial charge on any atom is -0.372 e. The maximum absolute atomic E-state index is 11.9. The molecule has 1 aliphatic heterocycles. The van der Waals surface area contributed by atoms with Gasteiger partial charge in [-0.15, -0.1) is 0 Å². The maximum Gasteiger partial charge on any atom is 0.260 e. The summed E-state index contributed by atoms with van der Waals surface area (Å²) in [7, 11) is 0. The van der Waals surface area contributed by atoms with Crippen LogP contribution in [0, 0.1) is 0 Å². The van der Waals surface area contributed by atoms with Crippen molar-refractivity contribution >= 4 is 17.7 Å². The third-order valence-corrected chi connectivity index (χ3v) is 2.80. The van der Waals surface area contributed by atoms with Crippen LogP contribution in [0.5, 0.6) is 0 Å². The van der Waals surface area contributed by atoms with E-state index in [4.69, 9.17) is 4.74 Å². The maximum atomic E-state index is 11.9. The summed E-state index contributed by atoms with van der Waals surface area (Å²) >= 11 is 1.27. The Kier molecular flexibility index (Phi) is 4.42. The van der Waals surface area contributed by atoms with Gasteiger partial charge >= 0.3 is 0 Å². The van der Waals surface area contributed by atoms with Crippen LogP contribution in [0.15, 0.2) is 23.5 Å². The fourth-order valence-corrected chi connectivity index (χ4v) is 2.10. The van der Waals surface area contributed by atoms with Crippen molar-refractivity contribution in [2.75, 3.05) is 13.1 Å². The van der Waals surface area contributed by atoms with Gasteiger partial charge in [0.25, 0.3) is 5.91 Å². The van der Waals surface area contributed by atoms with Crippen LogP contribution in [0.3, 0.4) is 0 Å². The Morgan fingerprint density at radius 1 is 1.47 bits per heavy atom. The van der Waals surface area contributed by atoms with E-state index in [-0.39, 0.29) is 18.1 Å². The van der Waals surface area contributed by atoms with Crippen LogP contribution in [0.1, 0.15) is 13.8 Å². The molecular formula is C11H17NO2S. The highest BCUT2D eigenvalue weighted by molar-refractivity contribution is 8.06. The van der Waals surface area contributed by atoms with Crippen molar-refractivity contribution < 1.29 is 9.53 Å². The van der Waals surface area contributed by atoms with Crippen molar-refractivity contribution in [1.29, 1.82) is 0 Å². The molecule has 1 amide bonds. The topological polar surface area (TPSA) is 29.5 Å². The average Bonchev–Trinajstić information content (AvgIpc) is 2.15. The van der Waals surface area contributed by atoms with Gasteiger partial charge in [0.15, 0.2) is 0 Å². The minimum atomic E-state index is -0.0121. The average molecular weight is 227 g/mol. The van der Waals surface area contributed by atoms with E-state index in [1.165, 1.54) is 11.8 Å². The standard InChI is InChI=1S/C11H17NO2S/c1-5-15-10(4)11(13)12-6-8(2)14-9(3)7-12/h5,8-9H,1,4,6-7H2,2-3H3. The van der Waals surface area contributed by atoms with Crippen molar-refractivity contribution in [3.63, 3.8) is 0 Å². The van der Waals surface area contributed by atoms with Gasteiger partial charge in [-0.05, 0) is 19.3 Å². The molecule has 0 saturated carbocycles. The molecule has 4 heteroatoms. The van der Waals surface area contributed by atoms with Crippen LogP contribution in [-0.2, 0) is 9.53 Å². The van der Waals surface area contributed by atoms with Gasteiger partial charge in [-0.25, -0.2) is 0 Å². The van der Waals surface area contributed by atoms with Crippen LogP contribution >= 0.6 is 11.8 Å². The number of hydrogen-bond acceptors (Lipinski definition) is 3. The number of morpholine rings is 1. The van der Waals surface area contributed by atoms with E-state index in [0.29, 0.717) is 18.0 Å². The van der Waals surface area contributed by atoms with Gasteiger partial charge in [-0.3, -0.25) is 4.79 Å². The Bertz CT molecular complexity index is 268. The van der Waals surface area contributed by atoms with Gasteiger partial charge in [-0.2, -0.15) is 0 Å². The van der Waals surface area contributed by atoms with Crippen LogP contribution < -0.4 is 0 Å². The number of thioether (sulfide) groups is 1. The number of rotatable bonds is 3. The van der Waals surface area contributed by atoms with Gasteiger partial charge in [0, 0.05) is 13.1 Å². The highest BCUT2D eigenvalue weighted by atomic mass is 32.2. The summed E-state index contributed by atoms with van der Waals surface area (Å²) in [6.45, 7) is 12.5. The molecule has 1 aliphatic rings. The Hall–Kier alpha value is -0.740. The van der Waals surface area contributed by atoms with Crippen LogP contribution in [0.2, 0.25) is 0 Å². The molecule has 0 aromatic rings. The second kappa shape index (κ2) is 5.37. The lowest BCUT2D eigenvalue weighted by Crippen LogP contribution is -2.48. The highest BCUT2D eigenvalue weighted by Crippen LogP contribution is 2.19. The molecule has 84 valence electrons. The van der Waals surface area contributed by atoms with Gasteiger partial charge in [0.2, 0.25) is 0 Å². The lowest BCUT2D eigenvalue weighted by Gasteiger charge is -2.35. The molecule has 0 aromatic carbocycles. The third kappa shape index (κ3) is 3.39. The van der Waals surface area contributed by atoms with Crippen molar-refractivity contribution in [2.45, 2.75) is 26.1 Å². The quantitative estimate of drug-likeness (QED) is 0.691. The van der Waals surface area contributed by atoms with Gasteiger partial charge in [0.1, 0.15) is 0 Å². The highest BCUT2D eigenvalue weighted by Gasteiger charge is 2.26. The summed E-state index contributed by atoms with van der Waals surface area (Å²) in [6.07, 6.45) is 0.193. The lowest BCUT2D eigenvalue weighted by molar-refractivity contribution is -0.138. The number of ether oxygens (including phenoxy) is 1. The fourth-order valence-electron chi connectivity index (χ4n) is 1.67. The zero-order chi connectivity index (χ0) is 11.4. The monoisotopic (exact) mass is 227 g/mol. The Balaban J connectivity index is 2.58. The first-order valence-corrected chi connectivity index (χ1v) is 5.83. The molecule has 0 bridgehead atoms. The summed E-state index contributed by atoms with van der Waals surface area (Å²) in [4.78, 5) is 14.2. The molecule has 0 N–H and O–H groups in total. The molecule has 1 rings (SSSR count). The van der Waals surface area contributed by atoms with E-state index in [2.05, 4.69) is 13.2 Å². The fraction of sp³-hybridized carbons (Fsp3) is 0.545. The van der Waals surface area contributed by atoms with E-state index in [1.807, 2.05) is 13.8 Å². The Morgan fingerprint density at radius 2 is 2.00 bits per heavy atom. The molecule has 1 fully saturated rings. The van der Waals surface area contributed by atoms with Crippen molar-refractivity contribution in [3.8, 4) is 0 Å². The number of carbonyl (C=O) groups excluding carboxylic acids is 1. The van der Waals surface area contributed by atoms with Crippen molar-refractivity contribution in [2.24, 2.45) is 0 Å². The van der Waals surface area contributed by atoms with Crippen molar-refractivity contribution in [1.82, 2.24) is 4.90 Å². The first kappa shape index (κ1) is 12.3. The number of hydrogen-bond donors (Lipinski definition) is 0. The molecule has 15 heavy (non-hydrogen) atoms. The van der Waals surface area contributed by atoms with Crippen molar-refractivity contribution in [3.05, 3.63) is 23.5 Å². The zero-order valence-electron chi connectivity index (χ0n) is 9.23. The lowest BCUT2D eigenvalue weighted by atomic mass is 10.2. The second-order valence-corrected chi connectivity index (χ2v) is 4.74. The van der Waals surface area contributed by atoms with E-state index in [0.717, 1.165) is 0 Å². The normalized spacial score (nSPS) is 26.1. The van der Waals surface area contributed by atoms with E-state index >= 15 is 0 Å². The summed E-state index contributed by atoms with van der Waals surface area (Å²) in [6, 6.07) is 0. The van der Waals surface area contributed by atoms with Gasteiger partial charge in [-0.1, -0.05) is 24.9 Å². The molecule has 0 spiro atoms. The summed E-state index contributed by atoms with van der Waals surface area (Å²) < 4.78 is 5.56. The summed E-state index contributed by atoms with van der Waals surface area (Å²) in [5.74, 6) is -0.0121. The van der Waals surface area contributed by atoms with Crippen LogP contribution in [0.4, 0.5) is 0 Å².